The molecule has 0 unspecified atom stereocenters. The number of aromatic nitrogens is 1. The number of thiazole rings is 1. The van der Waals surface area contributed by atoms with Crippen LogP contribution in [0.3, 0.4) is 0 Å². The Morgan fingerprint density at radius 1 is 1.07 bits per heavy atom. The van der Waals surface area contributed by atoms with Gasteiger partial charge in [0.25, 0.3) is 0 Å². The maximum absolute atomic E-state index is 5.91. The van der Waals surface area contributed by atoms with Gasteiger partial charge in [0, 0.05) is 36.1 Å². The summed E-state index contributed by atoms with van der Waals surface area (Å²) in [6, 6.07) is 11.2. The zero-order valence-electron chi connectivity index (χ0n) is 16.3. The molecule has 0 spiro atoms. The molecule has 0 atom stereocenters. The van der Waals surface area contributed by atoms with Crippen molar-refractivity contribution in [3.05, 3.63) is 47.3 Å². The quantitative estimate of drug-likeness (QED) is 0.469. The molecule has 2 heterocycles. The molecule has 1 aromatic carbocycles. The summed E-state index contributed by atoms with van der Waals surface area (Å²) in [4.78, 5) is 8.08. The molecule has 6 heteroatoms. The minimum absolute atomic E-state index is 0.525. The molecule has 0 bridgehead atoms. The number of hydrogen-bond donors (Lipinski definition) is 1. The average molecular weight is 402 g/mol. The molecule has 3 rings (SSSR count). The van der Waals surface area contributed by atoms with Crippen LogP contribution in [0.5, 0.6) is 5.75 Å². The summed E-state index contributed by atoms with van der Waals surface area (Å²) in [7, 11) is 0. The van der Waals surface area contributed by atoms with Gasteiger partial charge in [0.05, 0.1) is 4.88 Å². The molecule has 2 aromatic heterocycles. The summed E-state index contributed by atoms with van der Waals surface area (Å²) in [5, 5.41) is 8.49. The highest BCUT2D eigenvalue weighted by molar-refractivity contribution is 7.19. The molecule has 0 aliphatic rings. The third-order valence-electron chi connectivity index (χ3n) is 4.36. The van der Waals surface area contributed by atoms with E-state index in [1.54, 1.807) is 22.7 Å². The summed E-state index contributed by atoms with van der Waals surface area (Å²) in [5.74, 6) is 0.895. The number of anilines is 2. The van der Waals surface area contributed by atoms with E-state index in [1.807, 2.05) is 30.5 Å². The molecular weight excluding hydrogens is 374 g/mol. The summed E-state index contributed by atoms with van der Waals surface area (Å²) in [6.45, 7) is 10.5. The number of thiophene rings is 1. The predicted molar refractivity (Wildman–Crippen MR) is 118 cm³/mol. The average Bonchev–Trinajstić information content (AvgIpc) is 3.31. The van der Waals surface area contributed by atoms with Gasteiger partial charge in [-0.05, 0) is 68.8 Å². The summed E-state index contributed by atoms with van der Waals surface area (Å²) < 4.78 is 5.91. The van der Waals surface area contributed by atoms with Gasteiger partial charge < -0.3 is 10.1 Å². The van der Waals surface area contributed by atoms with Crippen LogP contribution in [0.1, 0.15) is 27.7 Å². The van der Waals surface area contributed by atoms with Gasteiger partial charge in [0.2, 0.25) is 0 Å². The van der Waals surface area contributed by atoms with Crippen LogP contribution >= 0.6 is 22.7 Å². The zero-order chi connectivity index (χ0) is 19.2. The molecule has 27 heavy (non-hydrogen) atoms. The lowest BCUT2D eigenvalue weighted by atomic mass is 10.2. The van der Waals surface area contributed by atoms with Crippen molar-refractivity contribution in [1.29, 1.82) is 0 Å². The number of rotatable bonds is 9. The lowest BCUT2D eigenvalue weighted by Crippen LogP contribution is -2.39. The maximum atomic E-state index is 5.91. The van der Waals surface area contributed by atoms with Crippen LogP contribution in [-0.4, -0.2) is 35.1 Å². The first kappa shape index (κ1) is 19.9. The van der Waals surface area contributed by atoms with E-state index < -0.39 is 0 Å². The predicted octanol–water partition coefficient (Wildman–Crippen LogP) is 6.11. The van der Waals surface area contributed by atoms with Crippen molar-refractivity contribution in [2.45, 2.75) is 39.8 Å². The molecule has 1 N–H and O–H groups in total. The van der Waals surface area contributed by atoms with Crippen molar-refractivity contribution in [2.75, 3.05) is 18.5 Å². The van der Waals surface area contributed by atoms with Crippen LogP contribution in [0.2, 0.25) is 0 Å². The third-order valence-corrected chi connectivity index (χ3v) is 6.01. The summed E-state index contributed by atoms with van der Waals surface area (Å²) in [5.41, 5.74) is 2.24. The summed E-state index contributed by atoms with van der Waals surface area (Å²) >= 11 is 3.36. The molecule has 0 aliphatic carbocycles. The second-order valence-corrected chi connectivity index (χ2v) is 8.78. The first-order chi connectivity index (χ1) is 13.0. The van der Waals surface area contributed by atoms with E-state index in [0.29, 0.717) is 18.7 Å². The highest BCUT2D eigenvalue weighted by atomic mass is 32.1. The SMILES string of the molecule is CC(C)N(CCOc1ccc(Nc2ncc(-c3ccsc3)s2)cc1)C(C)C. The van der Waals surface area contributed by atoms with Crippen molar-refractivity contribution in [3.63, 3.8) is 0 Å². The van der Waals surface area contributed by atoms with Crippen LogP contribution in [-0.2, 0) is 0 Å². The Labute approximate surface area is 169 Å². The highest BCUT2D eigenvalue weighted by Gasteiger charge is 2.12. The van der Waals surface area contributed by atoms with Gasteiger partial charge >= 0.3 is 0 Å². The van der Waals surface area contributed by atoms with E-state index in [9.17, 15) is 0 Å². The Kier molecular flexibility index (Phi) is 6.88. The van der Waals surface area contributed by atoms with Crippen molar-refractivity contribution >= 4 is 33.5 Å². The Bertz CT molecular complexity index is 802. The number of nitrogens with one attached hydrogen (secondary N) is 1. The molecule has 0 saturated heterocycles. The van der Waals surface area contributed by atoms with Crippen LogP contribution in [0.4, 0.5) is 10.8 Å². The van der Waals surface area contributed by atoms with Gasteiger partial charge in [0.15, 0.2) is 5.13 Å². The van der Waals surface area contributed by atoms with Crippen LogP contribution < -0.4 is 10.1 Å². The van der Waals surface area contributed by atoms with Gasteiger partial charge in [-0.25, -0.2) is 4.98 Å². The van der Waals surface area contributed by atoms with Gasteiger partial charge in [0.1, 0.15) is 12.4 Å². The maximum Gasteiger partial charge on any atom is 0.187 e. The number of ether oxygens (including phenoxy) is 1. The molecule has 3 aromatic rings. The van der Waals surface area contributed by atoms with Gasteiger partial charge in [-0.15, -0.1) is 0 Å². The van der Waals surface area contributed by atoms with Crippen molar-refractivity contribution in [2.24, 2.45) is 0 Å². The lowest BCUT2D eigenvalue weighted by molar-refractivity contribution is 0.142. The van der Waals surface area contributed by atoms with Crippen molar-refractivity contribution in [1.82, 2.24) is 9.88 Å². The van der Waals surface area contributed by atoms with Crippen molar-refractivity contribution < 1.29 is 4.74 Å². The van der Waals surface area contributed by atoms with E-state index in [0.717, 1.165) is 23.1 Å². The first-order valence-electron chi connectivity index (χ1n) is 9.27. The molecule has 0 fully saturated rings. The van der Waals surface area contributed by atoms with E-state index >= 15 is 0 Å². The van der Waals surface area contributed by atoms with E-state index in [-0.39, 0.29) is 0 Å². The monoisotopic (exact) mass is 401 g/mol. The van der Waals surface area contributed by atoms with Gasteiger partial charge in [-0.2, -0.15) is 11.3 Å². The second-order valence-electron chi connectivity index (χ2n) is 6.96. The van der Waals surface area contributed by atoms with Crippen LogP contribution in [0.25, 0.3) is 10.4 Å². The number of hydrogen-bond acceptors (Lipinski definition) is 6. The first-order valence-corrected chi connectivity index (χ1v) is 11.0. The lowest BCUT2D eigenvalue weighted by Gasteiger charge is -2.30. The number of nitrogens with zero attached hydrogens (tertiary/aromatic N) is 2. The van der Waals surface area contributed by atoms with E-state index in [4.69, 9.17) is 4.74 Å². The Balaban J connectivity index is 1.52. The third kappa shape index (κ3) is 5.54. The summed E-state index contributed by atoms with van der Waals surface area (Å²) in [6.07, 6.45) is 1.92. The Hall–Kier alpha value is -1.89. The van der Waals surface area contributed by atoms with E-state index in [2.05, 4.69) is 59.7 Å². The topological polar surface area (TPSA) is 37.4 Å². The number of benzene rings is 1. The minimum Gasteiger partial charge on any atom is -0.492 e. The van der Waals surface area contributed by atoms with Crippen LogP contribution in [0.15, 0.2) is 47.3 Å². The van der Waals surface area contributed by atoms with Crippen molar-refractivity contribution in [3.8, 4) is 16.2 Å². The normalized spacial score (nSPS) is 11.5. The fourth-order valence-electron chi connectivity index (χ4n) is 3.01. The molecule has 0 radical (unpaired) electrons. The highest BCUT2D eigenvalue weighted by Crippen LogP contribution is 2.32. The molecule has 0 aliphatic heterocycles. The zero-order valence-corrected chi connectivity index (χ0v) is 17.9. The molecule has 0 saturated carbocycles. The second kappa shape index (κ2) is 9.35. The standard InChI is InChI=1S/C21H27N3OS2/c1-15(2)24(16(3)4)10-11-25-19-7-5-18(6-8-19)23-21-22-13-20(27-21)17-9-12-26-14-17/h5-9,12-16H,10-11H2,1-4H3,(H,22,23). The fourth-order valence-corrected chi connectivity index (χ4v) is 4.57. The minimum atomic E-state index is 0.525. The fraction of sp³-hybridized carbons (Fsp3) is 0.381. The van der Waals surface area contributed by atoms with Gasteiger partial charge in [-0.3, -0.25) is 4.90 Å². The smallest absolute Gasteiger partial charge is 0.187 e. The molecule has 4 nitrogen and oxygen atoms in total. The molecular formula is C21H27N3OS2. The molecule has 0 amide bonds. The van der Waals surface area contributed by atoms with Crippen LogP contribution in [0, 0.1) is 0 Å². The van der Waals surface area contributed by atoms with Gasteiger partial charge in [-0.1, -0.05) is 11.3 Å². The Morgan fingerprint density at radius 2 is 1.81 bits per heavy atom. The Morgan fingerprint density at radius 3 is 2.44 bits per heavy atom. The molecule has 144 valence electrons. The largest absolute Gasteiger partial charge is 0.492 e. The van der Waals surface area contributed by atoms with E-state index in [1.165, 1.54) is 10.4 Å².